The van der Waals surface area contributed by atoms with Gasteiger partial charge < -0.3 is 9.88 Å². The number of anilines is 2. The van der Waals surface area contributed by atoms with Gasteiger partial charge >= 0.3 is 0 Å². The molecule has 4 rings (SSSR count). The Hall–Kier alpha value is -1.95. The first-order valence-electron chi connectivity index (χ1n) is 6.31. The SMILES string of the molecule is Cn1cnc2cc(Nc3nc(C4CC4)ns3)ccc21. The van der Waals surface area contributed by atoms with E-state index in [9.17, 15) is 0 Å². The maximum absolute atomic E-state index is 4.52. The highest BCUT2D eigenvalue weighted by atomic mass is 32.1. The Balaban J connectivity index is 1.62. The summed E-state index contributed by atoms with van der Waals surface area (Å²) in [6.45, 7) is 0. The lowest BCUT2D eigenvalue weighted by atomic mass is 10.3. The Bertz CT molecular complexity index is 740. The topological polar surface area (TPSA) is 55.6 Å². The molecule has 0 radical (unpaired) electrons. The summed E-state index contributed by atoms with van der Waals surface area (Å²) in [5, 5.41) is 4.16. The van der Waals surface area contributed by atoms with E-state index in [1.165, 1.54) is 24.4 Å². The molecule has 1 aromatic carbocycles. The summed E-state index contributed by atoms with van der Waals surface area (Å²) in [4.78, 5) is 8.88. The molecule has 1 fully saturated rings. The second-order valence-electron chi connectivity index (χ2n) is 4.92. The first-order valence-corrected chi connectivity index (χ1v) is 7.08. The Morgan fingerprint density at radius 1 is 1.37 bits per heavy atom. The van der Waals surface area contributed by atoms with Gasteiger partial charge in [-0.2, -0.15) is 4.37 Å². The minimum absolute atomic E-state index is 0.602. The predicted octanol–water partition coefficient (Wildman–Crippen LogP) is 3.05. The molecule has 3 aromatic rings. The van der Waals surface area contributed by atoms with Crippen LogP contribution in [-0.4, -0.2) is 18.9 Å². The molecule has 6 heteroatoms. The number of benzene rings is 1. The summed E-state index contributed by atoms with van der Waals surface area (Å²) in [7, 11) is 2.00. The molecular formula is C13H13N5S. The number of hydrogen-bond acceptors (Lipinski definition) is 5. The van der Waals surface area contributed by atoms with Gasteiger partial charge in [0.25, 0.3) is 0 Å². The number of aromatic nitrogens is 4. The van der Waals surface area contributed by atoms with Gasteiger partial charge in [0.2, 0.25) is 5.13 Å². The zero-order valence-electron chi connectivity index (χ0n) is 10.5. The molecule has 0 bridgehead atoms. The van der Waals surface area contributed by atoms with E-state index in [1.807, 2.05) is 30.1 Å². The molecule has 1 aliphatic carbocycles. The standard InChI is InChI=1S/C13H13N5S/c1-18-7-14-10-6-9(4-5-11(10)18)15-13-16-12(17-19-13)8-2-3-8/h4-8H,2-3H2,1H3,(H,15,16,17). The molecular weight excluding hydrogens is 258 g/mol. The molecule has 2 heterocycles. The fourth-order valence-electron chi connectivity index (χ4n) is 2.13. The maximum Gasteiger partial charge on any atom is 0.207 e. The highest BCUT2D eigenvalue weighted by Gasteiger charge is 2.27. The molecule has 0 aliphatic heterocycles. The lowest BCUT2D eigenvalue weighted by molar-refractivity contribution is 0.948. The summed E-state index contributed by atoms with van der Waals surface area (Å²) < 4.78 is 6.40. The van der Waals surface area contributed by atoms with Crippen LogP contribution in [0.3, 0.4) is 0 Å². The van der Waals surface area contributed by atoms with E-state index < -0.39 is 0 Å². The monoisotopic (exact) mass is 271 g/mol. The third-order valence-electron chi connectivity index (χ3n) is 3.36. The summed E-state index contributed by atoms with van der Waals surface area (Å²) in [6, 6.07) is 6.14. The zero-order chi connectivity index (χ0) is 12.8. The van der Waals surface area contributed by atoms with E-state index in [-0.39, 0.29) is 0 Å². The smallest absolute Gasteiger partial charge is 0.207 e. The van der Waals surface area contributed by atoms with Crippen molar-refractivity contribution in [1.29, 1.82) is 0 Å². The van der Waals surface area contributed by atoms with Crippen molar-refractivity contribution < 1.29 is 0 Å². The van der Waals surface area contributed by atoms with E-state index >= 15 is 0 Å². The zero-order valence-corrected chi connectivity index (χ0v) is 11.3. The fraction of sp³-hybridized carbons (Fsp3) is 0.308. The van der Waals surface area contributed by atoms with E-state index in [0.29, 0.717) is 5.92 Å². The number of aryl methyl sites for hydroxylation is 1. The molecule has 1 saturated carbocycles. The normalized spacial score (nSPS) is 15.0. The van der Waals surface area contributed by atoms with Crippen molar-refractivity contribution in [3.63, 3.8) is 0 Å². The van der Waals surface area contributed by atoms with Crippen molar-refractivity contribution in [1.82, 2.24) is 18.9 Å². The average molecular weight is 271 g/mol. The Morgan fingerprint density at radius 2 is 2.26 bits per heavy atom. The molecule has 1 aliphatic rings. The minimum Gasteiger partial charge on any atom is -0.334 e. The van der Waals surface area contributed by atoms with Gasteiger partial charge in [0.15, 0.2) is 0 Å². The second-order valence-corrected chi connectivity index (χ2v) is 5.67. The first-order chi connectivity index (χ1) is 9.29. The van der Waals surface area contributed by atoms with Crippen molar-refractivity contribution in [2.75, 3.05) is 5.32 Å². The van der Waals surface area contributed by atoms with Crippen molar-refractivity contribution in [2.45, 2.75) is 18.8 Å². The summed E-state index contributed by atoms with van der Waals surface area (Å²) in [5.41, 5.74) is 3.12. The lowest BCUT2D eigenvalue weighted by Gasteiger charge is -2.02. The lowest BCUT2D eigenvalue weighted by Crippen LogP contribution is -1.91. The van der Waals surface area contributed by atoms with Crippen molar-refractivity contribution in [3.05, 3.63) is 30.4 Å². The van der Waals surface area contributed by atoms with Crippen molar-refractivity contribution in [3.8, 4) is 0 Å². The van der Waals surface area contributed by atoms with Crippen molar-refractivity contribution >= 4 is 33.4 Å². The molecule has 0 unspecified atom stereocenters. The van der Waals surface area contributed by atoms with Crippen LogP contribution in [0.25, 0.3) is 11.0 Å². The average Bonchev–Trinajstić information content (AvgIpc) is 3.07. The van der Waals surface area contributed by atoms with Gasteiger partial charge in [-0.1, -0.05) is 0 Å². The Morgan fingerprint density at radius 3 is 3.11 bits per heavy atom. The maximum atomic E-state index is 4.52. The van der Waals surface area contributed by atoms with E-state index in [1.54, 1.807) is 0 Å². The van der Waals surface area contributed by atoms with Gasteiger partial charge in [-0.15, -0.1) is 0 Å². The van der Waals surface area contributed by atoms with Crippen LogP contribution in [-0.2, 0) is 7.05 Å². The molecule has 0 spiro atoms. The van der Waals surface area contributed by atoms with Crippen molar-refractivity contribution in [2.24, 2.45) is 7.05 Å². The number of nitrogens with one attached hydrogen (secondary N) is 1. The molecule has 1 N–H and O–H groups in total. The first kappa shape index (κ1) is 10.9. The second kappa shape index (κ2) is 4.03. The van der Waals surface area contributed by atoms with Crippen LogP contribution < -0.4 is 5.32 Å². The predicted molar refractivity (Wildman–Crippen MR) is 75.9 cm³/mol. The van der Waals surface area contributed by atoms with E-state index in [0.717, 1.165) is 27.7 Å². The largest absolute Gasteiger partial charge is 0.334 e. The number of hydrogen-bond donors (Lipinski definition) is 1. The highest BCUT2D eigenvalue weighted by Crippen LogP contribution is 2.39. The molecule has 19 heavy (non-hydrogen) atoms. The number of nitrogens with zero attached hydrogens (tertiary/aromatic N) is 4. The number of fused-ring (bicyclic) bond motifs is 1. The third-order valence-corrected chi connectivity index (χ3v) is 4.01. The van der Waals surface area contributed by atoms with E-state index in [2.05, 4.69) is 25.7 Å². The van der Waals surface area contributed by atoms with Crippen LogP contribution in [0.2, 0.25) is 0 Å². The number of imidazole rings is 1. The van der Waals surface area contributed by atoms with Crippen LogP contribution >= 0.6 is 11.5 Å². The molecule has 0 saturated heterocycles. The van der Waals surface area contributed by atoms with Gasteiger partial charge in [-0.3, -0.25) is 0 Å². The van der Waals surface area contributed by atoms with E-state index in [4.69, 9.17) is 0 Å². The summed E-state index contributed by atoms with van der Waals surface area (Å²) in [5.74, 6) is 1.59. The summed E-state index contributed by atoms with van der Waals surface area (Å²) >= 11 is 1.43. The highest BCUT2D eigenvalue weighted by molar-refractivity contribution is 7.09. The van der Waals surface area contributed by atoms with Gasteiger partial charge in [0, 0.05) is 30.2 Å². The minimum atomic E-state index is 0.602. The van der Waals surface area contributed by atoms with Gasteiger partial charge in [-0.25, -0.2) is 9.97 Å². The van der Waals surface area contributed by atoms with Gasteiger partial charge in [-0.05, 0) is 31.0 Å². The molecule has 2 aromatic heterocycles. The third kappa shape index (κ3) is 1.98. The van der Waals surface area contributed by atoms with Crippen LogP contribution in [0.1, 0.15) is 24.6 Å². The molecule has 5 nitrogen and oxygen atoms in total. The van der Waals surface area contributed by atoms with Crippen LogP contribution in [0, 0.1) is 0 Å². The molecule has 96 valence electrons. The molecule has 0 atom stereocenters. The Kier molecular flexibility index (Phi) is 2.32. The van der Waals surface area contributed by atoms with Gasteiger partial charge in [0.05, 0.1) is 17.4 Å². The summed E-state index contributed by atoms with van der Waals surface area (Å²) in [6.07, 6.45) is 4.29. The quantitative estimate of drug-likeness (QED) is 0.795. The number of rotatable bonds is 3. The van der Waals surface area contributed by atoms with Gasteiger partial charge in [0.1, 0.15) is 5.82 Å². The fourth-order valence-corrected chi connectivity index (χ4v) is 2.80. The molecule has 0 amide bonds. The van der Waals surface area contributed by atoms with Crippen LogP contribution in [0.4, 0.5) is 10.8 Å². The van der Waals surface area contributed by atoms with Crippen LogP contribution in [0.5, 0.6) is 0 Å². The van der Waals surface area contributed by atoms with Crippen LogP contribution in [0.15, 0.2) is 24.5 Å². The Labute approximate surface area is 114 Å².